The van der Waals surface area contributed by atoms with Gasteiger partial charge in [0.25, 0.3) is 0 Å². The number of unbranched alkanes of at least 4 members (excludes halogenated alkanes) is 46. The summed E-state index contributed by atoms with van der Waals surface area (Å²) in [6.45, 7) is 21.2. The first-order valence-electron chi connectivity index (χ1n) is 42.9. The Bertz CT molecular complexity index is 1430. The number of piperazine rings is 1. The minimum absolute atomic E-state index is 0.155. The number of esters is 2. The maximum atomic E-state index is 13.0. The lowest BCUT2D eigenvalue weighted by Gasteiger charge is -2.44. The molecule has 6 atom stereocenters. The first-order chi connectivity index (χ1) is 46.9. The molecular formula is C84H168N4O8. The van der Waals surface area contributed by atoms with Crippen molar-refractivity contribution in [2.75, 3.05) is 78.7 Å². The maximum absolute atomic E-state index is 13.0. The summed E-state index contributed by atoms with van der Waals surface area (Å²) in [5.74, 6) is -0.311. The Morgan fingerprint density at radius 1 is 0.312 bits per heavy atom. The molecule has 572 valence electrons. The summed E-state index contributed by atoms with van der Waals surface area (Å²) in [5.41, 5.74) is 0. The molecular weight excluding hydrogens is 1190 g/mol. The summed E-state index contributed by atoms with van der Waals surface area (Å²) in [6.07, 6.45) is 68.1. The highest BCUT2D eigenvalue weighted by Crippen LogP contribution is 2.21. The molecule has 0 aromatic heterocycles. The number of hydrogen-bond acceptors (Lipinski definition) is 12. The van der Waals surface area contributed by atoms with Gasteiger partial charge in [0.2, 0.25) is 0 Å². The number of nitrogens with zero attached hydrogens (tertiary/aromatic N) is 4. The fourth-order valence-electron chi connectivity index (χ4n) is 14.8. The molecule has 12 nitrogen and oxygen atoms in total. The van der Waals surface area contributed by atoms with Gasteiger partial charge in [-0.25, -0.2) is 0 Å². The van der Waals surface area contributed by atoms with Gasteiger partial charge in [-0.15, -0.1) is 0 Å². The Morgan fingerprint density at radius 2 is 0.510 bits per heavy atom. The van der Waals surface area contributed by atoms with Gasteiger partial charge in [0.15, 0.2) is 0 Å². The largest absolute Gasteiger partial charge is 0.464 e. The Labute approximate surface area is 597 Å². The van der Waals surface area contributed by atoms with Crippen LogP contribution in [0.25, 0.3) is 0 Å². The molecule has 4 N–H and O–H groups in total. The van der Waals surface area contributed by atoms with E-state index in [1.54, 1.807) is 0 Å². The van der Waals surface area contributed by atoms with Crippen molar-refractivity contribution in [2.24, 2.45) is 0 Å². The van der Waals surface area contributed by atoms with E-state index in [1.807, 2.05) is 0 Å². The smallest absolute Gasteiger partial charge is 0.305 e. The second kappa shape index (κ2) is 70.6. The third-order valence-corrected chi connectivity index (χ3v) is 21.2. The molecule has 1 rings (SSSR count). The molecule has 12 heteroatoms. The molecule has 6 unspecified atom stereocenters. The van der Waals surface area contributed by atoms with Gasteiger partial charge < -0.3 is 29.9 Å². The second-order valence-electron chi connectivity index (χ2n) is 30.9. The molecule has 1 fully saturated rings. The van der Waals surface area contributed by atoms with Crippen LogP contribution in [0.15, 0.2) is 0 Å². The normalized spacial score (nSPS) is 16.1. The number of ether oxygens (including phenoxy) is 2. The van der Waals surface area contributed by atoms with Crippen LogP contribution in [-0.4, -0.2) is 167 Å². The van der Waals surface area contributed by atoms with E-state index in [1.165, 1.54) is 283 Å². The van der Waals surface area contributed by atoms with Gasteiger partial charge in [-0.3, -0.25) is 29.2 Å². The number of rotatable bonds is 76. The van der Waals surface area contributed by atoms with Crippen molar-refractivity contribution in [1.29, 1.82) is 0 Å². The lowest BCUT2D eigenvalue weighted by Crippen LogP contribution is -2.57. The molecule has 0 bridgehead atoms. The van der Waals surface area contributed by atoms with E-state index in [2.05, 4.69) is 61.1 Å². The van der Waals surface area contributed by atoms with Crippen LogP contribution in [0.5, 0.6) is 0 Å². The number of carbonyl (C=O) groups excluding carboxylic acids is 2. The number of hydrogen-bond donors (Lipinski definition) is 4. The van der Waals surface area contributed by atoms with Gasteiger partial charge in [0, 0.05) is 77.3 Å². The zero-order chi connectivity index (χ0) is 69.8. The average molecular weight is 1360 g/mol. The van der Waals surface area contributed by atoms with Crippen molar-refractivity contribution in [3.8, 4) is 0 Å². The summed E-state index contributed by atoms with van der Waals surface area (Å²) in [7, 11) is 0. The van der Waals surface area contributed by atoms with E-state index in [-0.39, 0.29) is 24.0 Å². The fraction of sp³-hybridized carbons (Fsp3) is 0.976. The predicted octanol–water partition coefficient (Wildman–Crippen LogP) is 21.2. The van der Waals surface area contributed by atoms with E-state index < -0.39 is 24.4 Å². The van der Waals surface area contributed by atoms with Gasteiger partial charge in [-0.2, -0.15) is 0 Å². The third kappa shape index (κ3) is 61.3. The van der Waals surface area contributed by atoms with Gasteiger partial charge in [0.05, 0.1) is 24.4 Å². The lowest BCUT2D eigenvalue weighted by molar-refractivity contribution is -0.146. The standard InChI is InChI=1S/C84H168N4O8/c1-7-11-15-19-23-27-31-35-39-43-47-51-59-79(89)73-85(74-80(90)60-52-48-44-40-36-32-28-24-20-16-12-8-2)65-57-55-63-83(93)95-69-67-87-71-78(6)88(72-77(87)5)68-70-96-84(94)64-56-58-66-86(75-81(91)61-53-49-45-41-37-33-29-25-21-17-13-9-3)76-82(92)62-54-50-46-42-38-34-30-26-22-18-14-10-4/h77-82,89-92H,7-76H2,1-6H3. The summed E-state index contributed by atoms with van der Waals surface area (Å²) in [5, 5.41) is 44.7. The lowest BCUT2D eigenvalue weighted by atomic mass is 10.0. The Kier molecular flexibility index (Phi) is 68.2. The van der Waals surface area contributed by atoms with Gasteiger partial charge in [-0.1, -0.05) is 336 Å². The van der Waals surface area contributed by atoms with Crippen molar-refractivity contribution in [1.82, 2.24) is 19.6 Å². The number of aliphatic hydroxyl groups is 4. The van der Waals surface area contributed by atoms with Crippen LogP contribution in [0.3, 0.4) is 0 Å². The van der Waals surface area contributed by atoms with Crippen LogP contribution in [-0.2, 0) is 19.1 Å². The minimum Gasteiger partial charge on any atom is -0.464 e. The Hall–Kier alpha value is -1.38. The molecule has 1 saturated heterocycles. The minimum atomic E-state index is -0.401. The summed E-state index contributed by atoms with van der Waals surface area (Å²) in [6, 6.07) is 0.557. The molecule has 0 aromatic carbocycles. The van der Waals surface area contributed by atoms with Crippen LogP contribution in [0.1, 0.15) is 414 Å². The monoisotopic (exact) mass is 1360 g/mol. The first-order valence-corrected chi connectivity index (χ1v) is 42.9. The van der Waals surface area contributed by atoms with E-state index >= 15 is 0 Å². The van der Waals surface area contributed by atoms with Crippen LogP contribution in [0, 0.1) is 0 Å². The quantitative estimate of drug-likeness (QED) is 0.0340. The molecule has 0 radical (unpaired) electrons. The van der Waals surface area contributed by atoms with Crippen LogP contribution in [0.4, 0.5) is 0 Å². The third-order valence-electron chi connectivity index (χ3n) is 21.2. The topological polar surface area (TPSA) is 146 Å². The maximum Gasteiger partial charge on any atom is 0.305 e. The zero-order valence-corrected chi connectivity index (χ0v) is 65.2. The average Bonchev–Trinajstić information content (AvgIpc) is 1.16. The van der Waals surface area contributed by atoms with Gasteiger partial charge in [0.1, 0.15) is 13.2 Å². The SMILES string of the molecule is CCCCCCCCCCCCCCC(O)CN(CCCCC(=O)OCCN1CC(C)N(CCOC(=O)CCCCN(CC(O)CCCCCCCCCCCCCC)CC(O)CCCCCCCCCCCCCC)CC1C)CC(O)CCCCCCCCCCCCCC. The van der Waals surface area contributed by atoms with Crippen molar-refractivity contribution in [3.63, 3.8) is 0 Å². The van der Waals surface area contributed by atoms with Crippen molar-refractivity contribution in [2.45, 2.75) is 450 Å². The van der Waals surface area contributed by atoms with Gasteiger partial charge >= 0.3 is 11.9 Å². The molecule has 0 amide bonds. The van der Waals surface area contributed by atoms with Gasteiger partial charge in [-0.05, 0) is 78.3 Å². The Balaban J connectivity index is 2.50. The molecule has 0 aliphatic carbocycles. The van der Waals surface area contributed by atoms with E-state index in [4.69, 9.17) is 9.47 Å². The van der Waals surface area contributed by atoms with Crippen LogP contribution >= 0.6 is 0 Å². The fourth-order valence-corrected chi connectivity index (χ4v) is 14.8. The van der Waals surface area contributed by atoms with Crippen molar-refractivity contribution >= 4 is 11.9 Å². The molecule has 0 aromatic rings. The molecule has 1 aliphatic heterocycles. The zero-order valence-electron chi connectivity index (χ0n) is 65.2. The molecule has 1 heterocycles. The predicted molar refractivity (Wildman–Crippen MR) is 411 cm³/mol. The van der Waals surface area contributed by atoms with Crippen molar-refractivity contribution in [3.05, 3.63) is 0 Å². The highest BCUT2D eigenvalue weighted by Gasteiger charge is 2.29. The number of aliphatic hydroxyl groups excluding tert-OH is 4. The summed E-state index contributed by atoms with van der Waals surface area (Å²) < 4.78 is 11.6. The second-order valence-corrected chi connectivity index (χ2v) is 30.9. The number of carbonyl (C=O) groups is 2. The first kappa shape index (κ1) is 92.6. The highest BCUT2D eigenvalue weighted by molar-refractivity contribution is 5.69. The molecule has 0 saturated carbocycles. The van der Waals surface area contributed by atoms with E-state index in [0.29, 0.717) is 65.3 Å². The van der Waals surface area contributed by atoms with Crippen molar-refractivity contribution < 1.29 is 39.5 Å². The molecule has 1 aliphatic rings. The van der Waals surface area contributed by atoms with E-state index in [9.17, 15) is 30.0 Å². The Morgan fingerprint density at radius 3 is 0.719 bits per heavy atom. The summed E-state index contributed by atoms with van der Waals surface area (Å²) in [4.78, 5) is 35.4. The molecule has 0 spiro atoms. The molecule has 96 heavy (non-hydrogen) atoms. The summed E-state index contributed by atoms with van der Waals surface area (Å²) >= 11 is 0. The van der Waals surface area contributed by atoms with Crippen LogP contribution in [0.2, 0.25) is 0 Å². The van der Waals surface area contributed by atoms with Crippen LogP contribution < -0.4 is 0 Å². The highest BCUT2D eigenvalue weighted by atomic mass is 16.5. The van der Waals surface area contributed by atoms with E-state index in [0.717, 1.165) is 103 Å².